The number of methoxy groups -OCH3 is 1. The first-order chi connectivity index (χ1) is 12.6. The Morgan fingerprint density at radius 1 is 1.19 bits per heavy atom. The van der Waals surface area contributed by atoms with Crippen LogP contribution in [0.15, 0.2) is 48.0 Å². The molecule has 0 spiro atoms. The summed E-state index contributed by atoms with van der Waals surface area (Å²) in [5.74, 6) is 1.79. The van der Waals surface area contributed by atoms with Crippen LogP contribution in [-0.4, -0.2) is 17.9 Å². The van der Waals surface area contributed by atoms with E-state index in [0.717, 1.165) is 46.6 Å². The number of allylic oxidation sites excluding steroid dienone is 1. The van der Waals surface area contributed by atoms with Crippen molar-refractivity contribution >= 4 is 17.3 Å². The summed E-state index contributed by atoms with van der Waals surface area (Å²) in [6.07, 6.45) is 2.13. The number of non-ortho nitro benzene ring substituents is 1. The van der Waals surface area contributed by atoms with Crippen molar-refractivity contribution in [2.45, 2.75) is 25.2 Å². The van der Waals surface area contributed by atoms with Gasteiger partial charge in [0.2, 0.25) is 0 Å². The second-order valence-corrected chi connectivity index (χ2v) is 6.47. The van der Waals surface area contributed by atoms with Crippen LogP contribution in [0.2, 0.25) is 0 Å². The van der Waals surface area contributed by atoms with Crippen LogP contribution in [0.25, 0.3) is 5.76 Å². The summed E-state index contributed by atoms with van der Waals surface area (Å²) in [6, 6.07) is 12.5. The molecule has 0 saturated carbocycles. The number of benzene rings is 2. The topological polar surface area (TPSA) is 85.5 Å². The highest BCUT2D eigenvalue weighted by molar-refractivity contribution is 5.87. The molecule has 26 heavy (non-hydrogen) atoms. The Balaban J connectivity index is 1.80. The summed E-state index contributed by atoms with van der Waals surface area (Å²) in [6.45, 7) is 0. The quantitative estimate of drug-likeness (QED) is 0.655. The third-order valence-corrected chi connectivity index (χ3v) is 5.08. The molecule has 0 amide bonds. The monoisotopic (exact) mass is 350 g/mol. The smallest absolute Gasteiger partial charge is 0.269 e. The lowest BCUT2D eigenvalue weighted by Gasteiger charge is -2.33. The van der Waals surface area contributed by atoms with E-state index in [9.17, 15) is 10.1 Å². The van der Waals surface area contributed by atoms with E-state index in [1.165, 1.54) is 12.1 Å². The van der Waals surface area contributed by atoms with Crippen LogP contribution in [-0.2, 0) is 11.2 Å². The average Bonchev–Trinajstić information content (AvgIpc) is 2.66. The van der Waals surface area contributed by atoms with Gasteiger partial charge in [-0.25, -0.2) is 0 Å². The van der Waals surface area contributed by atoms with Gasteiger partial charge in [-0.3, -0.25) is 15.5 Å². The van der Waals surface area contributed by atoms with Crippen molar-refractivity contribution in [3.8, 4) is 5.75 Å². The van der Waals surface area contributed by atoms with E-state index in [1.54, 1.807) is 19.2 Å². The fourth-order valence-corrected chi connectivity index (χ4v) is 3.85. The van der Waals surface area contributed by atoms with E-state index < -0.39 is 4.92 Å². The number of nitro groups is 1. The molecule has 1 aliphatic heterocycles. The highest BCUT2D eigenvalue weighted by atomic mass is 16.6. The molecular formula is C20H18N2O4. The Kier molecular flexibility index (Phi) is 3.95. The molecule has 2 aliphatic rings. The minimum Gasteiger partial charge on any atom is -0.496 e. The Hall–Kier alpha value is -3.15. The van der Waals surface area contributed by atoms with E-state index in [1.807, 2.05) is 18.2 Å². The molecule has 1 heterocycles. The van der Waals surface area contributed by atoms with Gasteiger partial charge in [0.25, 0.3) is 5.69 Å². The predicted molar refractivity (Wildman–Crippen MR) is 97.5 cm³/mol. The van der Waals surface area contributed by atoms with Crippen LogP contribution >= 0.6 is 0 Å². The third kappa shape index (κ3) is 2.63. The first-order valence-electron chi connectivity index (χ1n) is 8.47. The molecule has 0 fully saturated rings. The number of rotatable bonds is 3. The molecule has 2 aromatic carbocycles. The molecule has 6 nitrogen and oxygen atoms in total. The van der Waals surface area contributed by atoms with E-state index in [0.29, 0.717) is 6.42 Å². The van der Waals surface area contributed by atoms with Crippen molar-refractivity contribution in [3.63, 3.8) is 0 Å². The van der Waals surface area contributed by atoms with Gasteiger partial charge >= 0.3 is 0 Å². The minimum atomic E-state index is -0.399. The van der Waals surface area contributed by atoms with Crippen LogP contribution in [0.4, 0.5) is 5.69 Å². The van der Waals surface area contributed by atoms with Crippen molar-refractivity contribution < 1.29 is 14.4 Å². The number of nitro benzene ring substituents is 1. The van der Waals surface area contributed by atoms with E-state index >= 15 is 0 Å². The third-order valence-electron chi connectivity index (χ3n) is 5.08. The maximum atomic E-state index is 10.9. The van der Waals surface area contributed by atoms with Crippen molar-refractivity contribution in [2.75, 3.05) is 7.11 Å². The first kappa shape index (κ1) is 16.3. The number of hydrogen-bond donors (Lipinski definition) is 1. The highest BCUT2D eigenvalue weighted by Gasteiger charge is 2.34. The molecule has 1 atom stereocenters. The summed E-state index contributed by atoms with van der Waals surface area (Å²) in [7, 11) is 1.66. The summed E-state index contributed by atoms with van der Waals surface area (Å²) < 4.78 is 11.3. The zero-order valence-electron chi connectivity index (χ0n) is 14.3. The van der Waals surface area contributed by atoms with Gasteiger partial charge in [-0.2, -0.15) is 0 Å². The normalized spacial score (nSPS) is 18.7. The number of fused-ring (bicyclic) bond motifs is 2. The van der Waals surface area contributed by atoms with Crippen molar-refractivity contribution in [2.24, 2.45) is 0 Å². The first-order valence-corrected chi connectivity index (χ1v) is 8.47. The van der Waals surface area contributed by atoms with Crippen LogP contribution < -0.4 is 4.74 Å². The van der Waals surface area contributed by atoms with E-state index in [-0.39, 0.29) is 17.5 Å². The Labute approximate surface area is 150 Å². The molecule has 0 saturated heterocycles. The van der Waals surface area contributed by atoms with Crippen LogP contribution in [0.1, 0.15) is 35.4 Å². The van der Waals surface area contributed by atoms with Crippen molar-refractivity contribution in [1.29, 1.82) is 5.41 Å². The molecule has 6 heteroatoms. The molecule has 0 aromatic heterocycles. The lowest BCUT2D eigenvalue weighted by atomic mass is 9.78. The molecule has 1 aliphatic carbocycles. The zero-order chi connectivity index (χ0) is 18.3. The lowest BCUT2D eigenvalue weighted by molar-refractivity contribution is -0.384. The van der Waals surface area contributed by atoms with Gasteiger partial charge in [0, 0.05) is 35.6 Å². The molecular weight excluding hydrogens is 332 g/mol. The Bertz CT molecular complexity index is 931. The average molecular weight is 350 g/mol. The summed E-state index contributed by atoms with van der Waals surface area (Å²) >= 11 is 0. The fourth-order valence-electron chi connectivity index (χ4n) is 3.85. The molecule has 4 rings (SSSR count). The number of ether oxygens (including phenoxy) is 2. The summed E-state index contributed by atoms with van der Waals surface area (Å²) in [5, 5.41) is 19.0. The zero-order valence-corrected chi connectivity index (χ0v) is 14.3. The largest absolute Gasteiger partial charge is 0.496 e. The maximum absolute atomic E-state index is 10.9. The summed E-state index contributed by atoms with van der Waals surface area (Å²) in [5.41, 5.74) is 4.27. The SMILES string of the molecule is COc1cccc2c1CCC1=C2OC(=N)CC1c1ccc([N+](=O)[O-])cc1. The number of nitrogens with zero attached hydrogens (tertiary/aromatic N) is 1. The number of nitrogens with one attached hydrogen (secondary N) is 1. The maximum Gasteiger partial charge on any atom is 0.269 e. The molecule has 0 bridgehead atoms. The van der Waals surface area contributed by atoms with Crippen LogP contribution in [0.5, 0.6) is 5.75 Å². The predicted octanol–water partition coefficient (Wildman–Crippen LogP) is 4.44. The second-order valence-electron chi connectivity index (χ2n) is 6.47. The van der Waals surface area contributed by atoms with Crippen LogP contribution in [0, 0.1) is 15.5 Å². The van der Waals surface area contributed by atoms with Gasteiger partial charge in [-0.05, 0) is 30.0 Å². The highest BCUT2D eigenvalue weighted by Crippen LogP contribution is 2.46. The summed E-state index contributed by atoms with van der Waals surface area (Å²) in [4.78, 5) is 10.5. The van der Waals surface area contributed by atoms with Gasteiger partial charge < -0.3 is 9.47 Å². The standard InChI is InChI=1S/C20H18N2O4/c1-25-18-4-2-3-15-14(18)9-10-16-17(11-19(21)26-20(15)16)12-5-7-13(8-6-12)22(23)24/h2-8,17,21H,9-11H2,1H3. The van der Waals surface area contributed by atoms with Gasteiger partial charge in [0.05, 0.1) is 12.0 Å². The van der Waals surface area contributed by atoms with Crippen molar-refractivity contribution in [3.05, 3.63) is 74.8 Å². The molecule has 1 N–H and O–H groups in total. The van der Waals surface area contributed by atoms with Gasteiger partial charge in [0.1, 0.15) is 11.5 Å². The van der Waals surface area contributed by atoms with Gasteiger partial charge in [0.15, 0.2) is 5.90 Å². The van der Waals surface area contributed by atoms with Crippen LogP contribution in [0.3, 0.4) is 0 Å². The molecule has 132 valence electrons. The van der Waals surface area contributed by atoms with E-state index in [4.69, 9.17) is 14.9 Å². The number of hydrogen-bond acceptors (Lipinski definition) is 5. The van der Waals surface area contributed by atoms with E-state index in [2.05, 4.69) is 0 Å². The van der Waals surface area contributed by atoms with Gasteiger partial charge in [-0.1, -0.05) is 24.3 Å². The fraction of sp³-hybridized carbons (Fsp3) is 0.250. The van der Waals surface area contributed by atoms with Gasteiger partial charge in [-0.15, -0.1) is 0 Å². The Morgan fingerprint density at radius 2 is 1.96 bits per heavy atom. The molecule has 2 aromatic rings. The lowest BCUT2D eigenvalue weighted by Crippen LogP contribution is -2.23. The van der Waals surface area contributed by atoms with Crippen molar-refractivity contribution in [1.82, 2.24) is 0 Å². The molecule has 0 radical (unpaired) electrons. The Morgan fingerprint density at radius 3 is 2.65 bits per heavy atom. The second kappa shape index (κ2) is 6.29. The molecule has 1 unspecified atom stereocenters. The minimum absolute atomic E-state index is 0.00593.